The number of tetrazole rings is 1. The van der Waals surface area contributed by atoms with Crippen LogP contribution in [-0.4, -0.2) is 108 Å². The zero-order valence-corrected chi connectivity index (χ0v) is 21.4. The third-order valence-corrected chi connectivity index (χ3v) is 9.15. The topological polar surface area (TPSA) is 189 Å². The molecule has 5 heterocycles. The molecule has 14 nitrogen and oxygen atoms in total. The fourth-order valence-corrected chi connectivity index (χ4v) is 7.33. The molecule has 1 aromatic heterocycles. The number of nitrogens with two attached hydrogens (primary N) is 1. The first-order valence-electron chi connectivity index (χ1n) is 12.4. The monoisotopic (exact) mass is 533 g/mol. The van der Waals surface area contributed by atoms with E-state index in [0.29, 0.717) is 31.0 Å². The number of rotatable bonds is 8. The van der Waals surface area contributed by atoms with Gasteiger partial charge in [-0.15, -0.1) is 16.9 Å². The summed E-state index contributed by atoms with van der Waals surface area (Å²) < 4.78 is 1.28. The molecule has 4 aliphatic rings. The van der Waals surface area contributed by atoms with Gasteiger partial charge in [0.25, 0.3) is 0 Å². The van der Waals surface area contributed by atoms with Crippen molar-refractivity contribution in [1.82, 2.24) is 40.6 Å². The molecule has 4 aliphatic heterocycles. The van der Waals surface area contributed by atoms with Crippen molar-refractivity contribution < 1.29 is 24.3 Å². The van der Waals surface area contributed by atoms with E-state index in [4.69, 9.17) is 5.73 Å². The van der Waals surface area contributed by atoms with Gasteiger partial charge in [0.05, 0.1) is 18.0 Å². The number of aromatic nitrogens is 4. The lowest BCUT2D eigenvalue weighted by molar-refractivity contribution is -0.158. The molecule has 1 aromatic rings. The number of amides is 3. The van der Waals surface area contributed by atoms with Crippen molar-refractivity contribution in [3.63, 3.8) is 0 Å². The summed E-state index contributed by atoms with van der Waals surface area (Å²) in [5.74, 6) is -2.54. The van der Waals surface area contributed by atoms with Gasteiger partial charge in [-0.05, 0) is 30.2 Å². The van der Waals surface area contributed by atoms with Crippen molar-refractivity contribution in [3.05, 3.63) is 16.9 Å². The highest BCUT2D eigenvalue weighted by Gasteiger charge is 2.60. The molecule has 0 radical (unpaired) electrons. The summed E-state index contributed by atoms with van der Waals surface area (Å²) in [6, 6.07) is -1.17. The molecular formula is C22H31N9O5S. The summed E-state index contributed by atoms with van der Waals surface area (Å²) in [7, 11) is 0. The molecule has 15 heteroatoms. The van der Waals surface area contributed by atoms with Gasteiger partial charge in [0.1, 0.15) is 18.6 Å². The predicted molar refractivity (Wildman–Crippen MR) is 130 cm³/mol. The Kier molecular flexibility index (Phi) is 6.93. The summed E-state index contributed by atoms with van der Waals surface area (Å²) >= 11 is 1.44. The fourth-order valence-electron chi connectivity index (χ4n) is 5.85. The number of aliphatic carboxylic acids is 1. The zero-order chi connectivity index (χ0) is 26.4. The van der Waals surface area contributed by atoms with E-state index in [1.807, 2.05) is 6.92 Å². The van der Waals surface area contributed by atoms with Gasteiger partial charge in [-0.2, -0.15) is 0 Å². The van der Waals surface area contributed by atoms with Gasteiger partial charge >= 0.3 is 5.97 Å². The number of hydrogen-bond acceptors (Lipinski definition) is 10. The average Bonchev–Trinajstić information content (AvgIpc) is 3.63. The Morgan fingerprint density at radius 3 is 2.81 bits per heavy atom. The van der Waals surface area contributed by atoms with Crippen LogP contribution in [0.25, 0.3) is 0 Å². The number of likely N-dealkylation sites (tertiary alicyclic amines) is 1. The molecule has 7 atom stereocenters. The minimum absolute atomic E-state index is 0.00213. The van der Waals surface area contributed by atoms with Gasteiger partial charge in [-0.25, -0.2) is 9.48 Å². The Hall–Kier alpha value is -3.04. The lowest BCUT2D eigenvalue weighted by atomic mass is 9.78. The molecule has 3 fully saturated rings. The Labute approximate surface area is 217 Å². The third-order valence-electron chi connectivity index (χ3n) is 7.63. The Morgan fingerprint density at radius 2 is 2.16 bits per heavy atom. The van der Waals surface area contributed by atoms with Crippen LogP contribution in [0.5, 0.6) is 0 Å². The molecule has 0 spiro atoms. The van der Waals surface area contributed by atoms with E-state index < -0.39 is 17.9 Å². The summed E-state index contributed by atoms with van der Waals surface area (Å²) in [5.41, 5.74) is 5.95. The molecule has 2 unspecified atom stereocenters. The Bertz CT molecular complexity index is 1130. The maximum absolute atomic E-state index is 13.1. The Balaban J connectivity index is 1.23. The highest BCUT2D eigenvalue weighted by molar-refractivity contribution is 8.03. The second-order valence-electron chi connectivity index (χ2n) is 10.2. The first-order valence-corrected chi connectivity index (χ1v) is 13.3. The van der Waals surface area contributed by atoms with E-state index in [9.17, 15) is 24.3 Å². The molecule has 0 bridgehead atoms. The molecule has 37 heavy (non-hydrogen) atoms. The smallest absolute Gasteiger partial charge is 0.353 e. The molecule has 5 rings (SSSR count). The Morgan fingerprint density at radius 1 is 1.38 bits per heavy atom. The van der Waals surface area contributed by atoms with Crippen LogP contribution in [0.1, 0.15) is 26.7 Å². The number of carbonyl (C=O) groups is 4. The number of nitrogens with one attached hydrogen (secondary N) is 2. The normalized spacial score (nSPS) is 31.9. The second kappa shape index (κ2) is 10.0. The van der Waals surface area contributed by atoms with Gasteiger partial charge in [-0.3, -0.25) is 14.4 Å². The zero-order valence-electron chi connectivity index (χ0n) is 20.6. The van der Waals surface area contributed by atoms with Crippen molar-refractivity contribution in [1.29, 1.82) is 0 Å². The first kappa shape index (κ1) is 25.6. The number of carboxylic acids is 1. The lowest BCUT2D eigenvalue weighted by Crippen LogP contribution is -2.66. The molecule has 5 N–H and O–H groups in total. The number of carbonyl (C=O) groups excluding carboxylic acids is 3. The van der Waals surface area contributed by atoms with Crippen LogP contribution in [0.15, 0.2) is 16.9 Å². The number of hydrogen-bond donors (Lipinski definition) is 4. The summed E-state index contributed by atoms with van der Waals surface area (Å²) in [6.45, 7) is 5.37. The van der Waals surface area contributed by atoms with E-state index in [2.05, 4.69) is 26.2 Å². The lowest BCUT2D eigenvalue weighted by Gasteiger charge is -2.47. The van der Waals surface area contributed by atoms with Crippen LogP contribution in [0.3, 0.4) is 0 Å². The standard InChI is InChI=1S/C22H31N9O5S/c1-10-17-16(11(2)26-15(32)8-30-9-25-27-28-30)21(34)31(17)18(22(35)36)19(10)37-13-5-14(24-6-13)20(33)29-4-3-12(23)7-29/h9-14,16-17,24H,3-8,23H2,1-2H3,(H,26,32)(H,35,36)/t10-,11-,12-,13+,14+,16?,17?/m1/s1. The molecule has 0 aromatic carbocycles. The van der Waals surface area contributed by atoms with Crippen molar-refractivity contribution in [2.24, 2.45) is 17.6 Å². The van der Waals surface area contributed by atoms with E-state index in [1.54, 1.807) is 11.8 Å². The van der Waals surface area contributed by atoms with Crippen LogP contribution in [0, 0.1) is 11.8 Å². The van der Waals surface area contributed by atoms with Gasteiger partial charge in [-0.1, -0.05) is 6.92 Å². The second-order valence-corrected chi connectivity index (χ2v) is 11.5. The molecule has 200 valence electrons. The highest BCUT2D eigenvalue weighted by Crippen LogP contribution is 2.51. The quantitative estimate of drug-likeness (QED) is 0.270. The summed E-state index contributed by atoms with van der Waals surface area (Å²) in [4.78, 5) is 54.4. The number of fused-ring (bicyclic) bond motifs is 1. The van der Waals surface area contributed by atoms with Gasteiger partial charge < -0.3 is 31.3 Å². The number of thioether (sulfide) groups is 1. The van der Waals surface area contributed by atoms with Crippen molar-refractivity contribution >= 4 is 35.5 Å². The van der Waals surface area contributed by atoms with E-state index >= 15 is 0 Å². The van der Waals surface area contributed by atoms with Crippen molar-refractivity contribution in [3.8, 4) is 0 Å². The first-order chi connectivity index (χ1) is 17.7. The molecule has 3 saturated heterocycles. The van der Waals surface area contributed by atoms with Crippen LogP contribution < -0.4 is 16.4 Å². The maximum Gasteiger partial charge on any atom is 0.353 e. The maximum atomic E-state index is 13.1. The predicted octanol–water partition coefficient (Wildman–Crippen LogP) is -2.03. The SMILES string of the molecule is C[C@@H](NC(=O)Cn1cnnn1)C1C(=O)N2C(C(=O)O)=C(S[C@@H]3CN[C@H](C(=O)N4CC[C@@H](N)C4)C3)[C@H](C)C12. The van der Waals surface area contributed by atoms with Crippen LogP contribution in [0.4, 0.5) is 0 Å². The summed E-state index contributed by atoms with van der Waals surface area (Å²) in [5, 5.41) is 26.7. The van der Waals surface area contributed by atoms with Gasteiger partial charge in [0.15, 0.2) is 0 Å². The van der Waals surface area contributed by atoms with Gasteiger partial charge in [0, 0.05) is 47.8 Å². The van der Waals surface area contributed by atoms with E-state index in [0.717, 1.165) is 6.42 Å². The van der Waals surface area contributed by atoms with Crippen LogP contribution in [0.2, 0.25) is 0 Å². The fraction of sp³-hybridized carbons (Fsp3) is 0.682. The number of β-lactam (4-membered cyclic amide) rings is 1. The minimum atomic E-state index is -1.15. The molecule has 0 aliphatic carbocycles. The third kappa shape index (κ3) is 4.70. The summed E-state index contributed by atoms with van der Waals surface area (Å²) in [6.07, 6.45) is 2.69. The number of nitrogens with zero attached hydrogens (tertiary/aromatic N) is 6. The number of carboxylic acid groups (broad SMARTS) is 1. The average molecular weight is 534 g/mol. The molecule has 0 saturated carbocycles. The van der Waals surface area contributed by atoms with Gasteiger partial charge in [0.2, 0.25) is 17.7 Å². The highest BCUT2D eigenvalue weighted by atomic mass is 32.2. The van der Waals surface area contributed by atoms with Crippen molar-refractivity contribution in [2.75, 3.05) is 19.6 Å². The van der Waals surface area contributed by atoms with Crippen LogP contribution >= 0.6 is 11.8 Å². The minimum Gasteiger partial charge on any atom is -0.477 e. The largest absolute Gasteiger partial charge is 0.477 e. The van der Waals surface area contributed by atoms with Crippen molar-refractivity contribution in [2.45, 2.75) is 62.7 Å². The van der Waals surface area contributed by atoms with E-state index in [1.165, 1.54) is 27.7 Å². The molecule has 3 amide bonds. The molecular weight excluding hydrogens is 502 g/mol. The van der Waals surface area contributed by atoms with Crippen LogP contribution in [-0.2, 0) is 25.7 Å². The van der Waals surface area contributed by atoms with E-state index in [-0.39, 0.29) is 59.3 Å².